The van der Waals surface area contributed by atoms with Gasteiger partial charge in [0.05, 0.1) is 12.5 Å². The molecule has 0 aliphatic rings. The lowest BCUT2D eigenvalue weighted by Gasteiger charge is -2.19. The fourth-order valence-corrected chi connectivity index (χ4v) is 9.37. The number of fused-ring (bicyclic) bond motifs is 6. The average Bonchev–Trinajstić information content (AvgIpc) is 3.98. The molecule has 0 N–H and O–H groups in total. The maximum absolute atomic E-state index is 5.99. The summed E-state index contributed by atoms with van der Waals surface area (Å²) in [5, 5.41) is 9.67. The highest BCUT2D eigenvalue weighted by molar-refractivity contribution is 7.25. The van der Waals surface area contributed by atoms with Crippen LogP contribution in [0.1, 0.15) is 18.1 Å². The molecule has 0 spiro atoms. The van der Waals surface area contributed by atoms with E-state index in [1.165, 1.54) is 69.4 Å². The van der Waals surface area contributed by atoms with Gasteiger partial charge in [0.2, 0.25) is 0 Å². The first-order valence-electron chi connectivity index (χ1n) is 17.6. The van der Waals surface area contributed by atoms with E-state index >= 15 is 0 Å². The third-order valence-corrected chi connectivity index (χ3v) is 11.5. The Bertz CT molecular complexity index is 2970. The number of allylic oxidation sites excluding steroid dienone is 1. The van der Waals surface area contributed by atoms with Crippen molar-refractivity contribution in [2.75, 3.05) is 0 Å². The molecular formula is C49H32O2S. The van der Waals surface area contributed by atoms with E-state index in [1.807, 2.05) is 35.6 Å². The highest BCUT2D eigenvalue weighted by Crippen LogP contribution is 2.47. The van der Waals surface area contributed by atoms with Gasteiger partial charge < -0.3 is 8.83 Å². The van der Waals surface area contributed by atoms with Crippen molar-refractivity contribution < 1.29 is 8.83 Å². The van der Waals surface area contributed by atoms with E-state index in [2.05, 4.69) is 141 Å². The summed E-state index contributed by atoms with van der Waals surface area (Å²) in [5.74, 6) is 1.73. The Kier molecular flexibility index (Phi) is 7.09. The molecule has 3 aromatic heterocycles. The van der Waals surface area contributed by atoms with Gasteiger partial charge >= 0.3 is 0 Å². The zero-order chi connectivity index (χ0) is 34.8. The molecule has 0 saturated carbocycles. The van der Waals surface area contributed by atoms with E-state index in [0.717, 1.165) is 39.2 Å². The molecule has 0 atom stereocenters. The summed E-state index contributed by atoms with van der Waals surface area (Å²) >= 11 is 1.85. The third-order valence-electron chi connectivity index (χ3n) is 10.3. The average molecular weight is 685 g/mol. The van der Waals surface area contributed by atoms with Crippen molar-refractivity contribution in [1.29, 1.82) is 0 Å². The van der Waals surface area contributed by atoms with Gasteiger partial charge in [0.15, 0.2) is 0 Å². The zero-order valence-electron chi connectivity index (χ0n) is 28.5. The van der Waals surface area contributed by atoms with E-state index in [4.69, 9.17) is 8.83 Å². The summed E-state index contributed by atoms with van der Waals surface area (Å²) in [6.07, 6.45) is 9.78. The van der Waals surface area contributed by atoms with Crippen molar-refractivity contribution in [3.05, 3.63) is 170 Å². The fourth-order valence-electron chi connectivity index (χ4n) is 8.24. The van der Waals surface area contributed by atoms with Crippen LogP contribution in [0, 0.1) is 0 Å². The number of hydrogen-bond acceptors (Lipinski definition) is 3. The second kappa shape index (κ2) is 12.1. The molecule has 3 heterocycles. The molecule has 52 heavy (non-hydrogen) atoms. The molecule has 10 rings (SSSR count). The Morgan fingerprint density at radius 3 is 1.58 bits per heavy atom. The zero-order valence-corrected chi connectivity index (χ0v) is 29.3. The van der Waals surface area contributed by atoms with Gasteiger partial charge in [-0.15, -0.1) is 11.3 Å². The Morgan fingerprint density at radius 2 is 1.00 bits per heavy atom. The number of benzene rings is 7. The van der Waals surface area contributed by atoms with Crippen molar-refractivity contribution in [3.63, 3.8) is 0 Å². The molecule has 0 unspecified atom stereocenters. The predicted octanol–water partition coefficient (Wildman–Crippen LogP) is 15.0. The normalized spacial score (nSPS) is 11.9. The van der Waals surface area contributed by atoms with Crippen LogP contribution in [-0.2, 0) is 0 Å². The van der Waals surface area contributed by atoms with Gasteiger partial charge in [-0.1, -0.05) is 116 Å². The Hall–Kier alpha value is -6.42. The first-order chi connectivity index (χ1) is 25.7. The van der Waals surface area contributed by atoms with Crippen molar-refractivity contribution in [2.45, 2.75) is 6.92 Å². The number of hydrogen-bond donors (Lipinski definition) is 0. The number of rotatable bonds is 6. The Morgan fingerprint density at radius 1 is 0.462 bits per heavy atom. The van der Waals surface area contributed by atoms with Crippen molar-refractivity contribution in [3.8, 4) is 44.9 Å². The van der Waals surface area contributed by atoms with Crippen molar-refractivity contribution in [2.24, 2.45) is 0 Å². The molecule has 0 aliphatic heterocycles. The van der Waals surface area contributed by atoms with Gasteiger partial charge in [-0.25, -0.2) is 0 Å². The summed E-state index contributed by atoms with van der Waals surface area (Å²) in [6, 6.07) is 48.0. The first kappa shape index (κ1) is 30.4. The maximum atomic E-state index is 5.99. The van der Waals surface area contributed by atoms with Gasteiger partial charge in [0.1, 0.15) is 11.5 Å². The van der Waals surface area contributed by atoms with Gasteiger partial charge in [0.25, 0.3) is 0 Å². The van der Waals surface area contributed by atoms with Crippen LogP contribution in [0.2, 0.25) is 0 Å². The van der Waals surface area contributed by atoms with E-state index in [-0.39, 0.29) is 0 Å². The molecule has 0 saturated heterocycles. The predicted molar refractivity (Wildman–Crippen MR) is 223 cm³/mol. The molecule has 3 heteroatoms. The smallest absolute Gasteiger partial charge is 0.135 e. The van der Waals surface area contributed by atoms with E-state index in [0.29, 0.717) is 0 Å². The minimum atomic E-state index is 0.843. The van der Waals surface area contributed by atoms with Crippen LogP contribution in [0.4, 0.5) is 0 Å². The number of furan rings is 2. The third kappa shape index (κ3) is 4.56. The monoisotopic (exact) mass is 684 g/mol. The molecule has 0 fully saturated rings. The number of thiophene rings is 1. The fraction of sp³-hybridized carbons (Fsp3) is 0.0204. The Balaban J connectivity index is 1.20. The summed E-state index contributed by atoms with van der Waals surface area (Å²) < 4.78 is 14.5. The van der Waals surface area contributed by atoms with Crippen LogP contribution in [0.15, 0.2) is 167 Å². The Labute approximate surface area is 305 Å². The summed E-state index contributed by atoms with van der Waals surface area (Å²) in [4.78, 5) is 0. The quantitative estimate of drug-likeness (QED) is 0.163. The summed E-state index contributed by atoms with van der Waals surface area (Å²) in [6.45, 7) is 6.35. The first-order valence-corrected chi connectivity index (χ1v) is 18.4. The van der Waals surface area contributed by atoms with Crippen LogP contribution in [0.3, 0.4) is 0 Å². The molecular weight excluding hydrogens is 653 g/mol. The van der Waals surface area contributed by atoms with Gasteiger partial charge in [-0.2, -0.15) is 0 Å². The lowest BCUT2D eigenvalue weighted by molar-refractivity contribution is 0.583. The van der Waals surface area contributed by atoms with Crippen LogP contribution < -0.4 is 0 Å². The highest BCUT2D eigenvalue weighted by atomic mass is 32.1. The van der Waals surface area contributed by atoms with Crippen LogP contribution in [0.5, 0.6) is 0 Å². The summed E-state index contributed by atoms with van der Waals surface area (Å²) in [7, 11) is 0. The summed E-state index contributed by atoms with van der Waals surface area (Å²) in [5.41, 5.74) is 9.26. The lowest BCUT2D eigenvalue weighted by atomic mass is 9.84. The van der Waals surface area contributed by atoms with Gasteiger partial charge in [-0.3, -0.25) is 0 Å². The molecule has 0 radical (unpaired) electrons. The minimum Gasteiger partial charge on any atom is -0.464 e. The van der Waals surface area contributed by atoms with Crippen LogP contribution in [-0.4, -0.2) is 0 Å². The van der Waals surface area contributed by atoms with Gasteiger partial charge in [0, 0.05) is 31.3 Å². The van der Waals surface area contributed by atoms with E-state index < -0.39 is 0 Å². The second-order valence-electron chi connectivity index (χ2n) is 13.1. The van der Waals surface area contributed by atoms with Crippen molar-refractivity contribution in [1.82, 2.24) is 0 Å². The SMILES string of the molecule is C=Cc1c(/C=C\C)c(-c2ccc3c(c2)sc2ccc(-c4c5ccccc5c(-c5ccco5)c5ccccc45)cc23)c2ccccc2c1-c1ccco1. The van der Waals surface area contributed by atoms with E-state index in [9.17, 15) is 0 Å². The largest absolute Gasteiger partial charge is 0.464 e. The minimum absolute atomic E-state index is 0.843. The molecule has 0 bridgehead atoms. The second-order valence-corrected chi connectivity index (χ2v) is 14.2. The van der Waals surface area contributed by atoms with Crippen LogP contribution >= 0.6 is 11.3 Å². The topological polar surface area (TPSA) is 26.3 Å². The van der Waals surface area contributed by atoms with Crippen LogP contribution in [0.25, 0.3) is 110 Å². The highest BCUT2D eigenvalue weighted by Gasteiger charge is 2.22. The molecule has 0 amide bonds. The lowest BCUT2D eigenvalue weighted by Crippen LogP contribution is -1.95. The van der Waals surface area contributed by atoms with Crippen molar-refractivity contribution >= 4 is 76.0 Å². The molecule has 10 aromatic rings. The van der Waals surface area contributed by atoms with E-state index in [1.54, 1.807) is 12.5 Å². The molecule has 2 nitrogen and oxygen atoms in total. The molecule has 7 aromatic carbocycles. The molecule has 246 valence electrons. The maximum Gasteiger partial charge on any atom is 0.135 e. The van der Waals surface area contributed by atoms with Gasteiger partial charge in [-0.05, 0) is 115 Å². The standard InChI is InChI=1S/C49H32O2S/c1-3-13-34-32(4-2)48(42-20-11-26-50-42)38-17-8-5-14-35(38)47(34)31-22-24-33-41-28-30(23-25-44(41)52-45(33)29-31)46-36-15-6-9-18-39(36)49(43-21-12-27-51-43)40-19-10-7-16-37(40)46/h3-29H,2H2,1H3/b13-3-. The molecule has 0 aliphatic carbocycles.